The van der Waals surface area contributed by atoms with Crippen LogP contribution in [0.15, 0.2) is 30.3 Å². The number of urea groups is 1. The molecule has 1 fully saturated rings. The molecule has 4 nitrogen and oxygen atoms in total. The third kappa shape index (κ3) is 3.47. The molecular formula is C14H20N2O2. The summed E-state index contributed by atoms with van der Waals surface area (Å²) in [6.45, 7) is 2.09. The lowest BCUT2D eigenvalue weighted by atomic mass is 10.1. The number of carbonyl (C=O) groups is 1. The van der Waals surface area contributed by atoms with Crippen molar-refractivity contribution >= 4 is 6.03 Å². The SMILES string of the molecule is COC1CCCN(C(=O)NCc2ccccc2)C1. The highest BCUT2D eigenvalue weighted by Crippen LogP contribution is 2.12. The first-order chi connectivity index (χ1) is 8.79. The van der Waals surface area contributed by atoms with Crippen molar-refractivity contribution in [1.82, 2.24) is 10.2 Å². The fourth-order valence-corrected chi connectivity index (χ4v) is 2.20. The van der Waals surface area contributed by atoms with E-state index in [9.17, 15) is 4.79 Å². The molecule has 2 amide bonds. The van der Waals surface area contributed by atoms with Crippen LogP contribution in [0.1, 0.15) is 18.4 Å². The number of nitrogens with one attached hydrogen (secondary N) is 1. The van der Waals surface area contributed by atoms with Crippen molar-refractivity contribution in [2.24, 2.45) is 0 Å². The standard InChI is InChI=1S/C14H20N2O2/c1-18-13-8-5-9-16(11-13)14(17)15-10-12-6-3-2-4-7-12/h2-4,6-7,13H,5,8-11H2,1H3,(H,15,17). The second-order valence-corrected chi connectivity index (χ2v) is 4.59. The van der Waals surface area contributed by atoms with Crippen LogP contribution in [-0.4, -0.2) is 37.2 Å². The van der Waals surface area contributed by atoms with Gasteiger partial charge >= 0.3 is 6.03 Å². The van der Waals surface area contributed by atoms with Gasteiger partial charge in [0.2, 0.25) is 0 Å². The van der Waals surface area contributed by atoms with Crippen LogP contribution in [0.5, 0.6) is 0 Å². The van der Waals surface area contributed by atoms with Crippen molar-refractivity contribution in [2.75, 3.05) is 20.2 Å². The summed E-state index contributed by atoms with van der Waals surface area (Å²) in [4.78, 5) is 13.8. The van der Waals surface area contributed by atoms with Crippen molar-refractivity contribution in [3.63, 3.8) is 0 Å². The minimum Gasteiger partial charge on any atom is -0.380 e. The molecule has 2 rings (SSSR count). The van der Waals surface area contributed by atoms with Crippen molar-refractivity contribution < 1.29 is 9.53 Å². The summed E-state index contributed by atoms with van der Waals surface area (Å²) in [5.74, 6) is 0. The minimum absolute atomic E-state index is 0.000558. The summed E-state index contributed by atoms with van der Waals surface area (Å²) in [6.07, 6.45) is 2.23. The number of carbonyl (C=O) groups excluding carboxylic acids is 1. The minimum atomic E-state index is 0.000558. The van der Waals surface area contributed by atoms with E-state index in [1.165, 1.54) is 0 Å². The topological polar surface area (TPSA) is 41.6 Å². The highest BCUT2D eigenvalue weighted by Gasteiger charge is 2.22. The Morgan fingerprint density at radius 2 is 2.22 bits per heavy atom. The maximum atomic E-state index is 12.0. The van der Waals surface area contributed by atoms with Gasteiger partial charge < -0.3 is 15.0 Å². The summed E-state index contributed by atoms with van der Waals surface area (Å²) < 4.78 is 5.31. The monoisotopic (exact) mass is 248 g/mol. The normalized spacial score (nSPS) is 19.6. The van der Waals surface area contributed by atoms with E-state index in [0.717, 1.165) is 24.9 Å². The molecule has 1 atom stereocenters. The van der Waals surface area contributed by atoms with Gasteiger partial charge in [-0.15, -0.1) is 0 Å². The molecule has 1 N–H and O–H groups in total. The van der Waals surface area contributed by atoms with E-state index in [0.29, 0.717) is 13.1 Å². The Morgan fingerprint density at radius 1 is 1.44 bits per heavy atom. The molecule has 4 heteroatoms. The second-order valence-electron chi connectivity index (χ2n) is 4.59. The molecular weight excluding hydrogens is 228 g/mol. The molecule has 98 valence electrons. The Morgan fingerprint density at radius 3 is 2.94 bits per heavy atom. The van der Waals surface area contributed by atoms with Gasteiger partial charge in [-0.05, 0) is 18.4 Å². The Hall–Kier alpha value is -1.55. The molecule has 1 aliphatic heterocycles. The van der Waals surface area contributed by atoms with Crippen molar-refractivity contribution in [2.45, 2.75) is 25.5 Å². The molecule has 1 aromatic rings. The summed E-state index contributed by atoms with van der Waals surface area (Å²) in [6, 6.07) is 9.94. The Balaban J connectivity index is 1.81. The lowest BCUT2D eigenvalue weighted by Crippen LogP contribution is -2.47. The van der Waals surface area contributed by atoms with Crippen molar-refractivity contribution in [1.29, 1.82) is 0 Å². The Labute approximate surface area is 108 Å². The first kappa shape index (κ1) is 12.9. The van der Waals surface area contributed by atoms with Crippen LogP contribution in [-0.2, 0) is 11.3 Å². The zero-order valence-electron chi connectivity index (χ0n) is 10.8. The molecule has 0 aromatic heterocycles. The van der Waals surface area contributed by atoms with E-state index in [4.69, 9.17) is 4.74 Å². The summed E-state index contributed by atoms with van der Waals surface area (Å²) in [5.41, 5.74) is 1.12. The number of amides is 2. The molecule has 0 spiro atoms. The van der Waals surface area contributed by atoms with E-state index in [1.807, 2.05) is 35.2 Å². The third-order valence-corrected chi connectivity index (χ3v) is 3.29. The molecule has 1 saturated heterocycles. The fraction of sp³-hybridized carbons (Fsp3) is 0.500. The molecule has 1 aliphatic rings. The number of piperidine rings is 1. The van der Waals surface area contributed by atoms with Gasteiger partial charge in [0, 0.05) is 26.7 Å². The smallest absolute Gasteiger partial charge is 0.317 e. The van der Waals surface area contributed by atoms with Gasteiger partial charge in [0.05, 0.1) is 6.10 Å². The first-order valence-corrected chi connectivity index (χ1v) is 6.39. The summed E-state index contributed by atoms with van der Waals surface area (Å²) in [5, 5.41) is 2.94. The number of hydrogen-bond donors (Lipinski definition) is 1. The number of ether oxygens (including phenoxy) is 1. The second kappa shape index (κ2) is 6.40. The average Bonchev–Trinajstić information content (AvgIpc) is 2.46. The molecule has 0 bridgehead atoms. The van der Waals surface area contributed by atoms with E-state index in [-0.39, 0.29) is 12.1 Å². The number of nitrogens with zero attached hydrogens (tertiary/aromatic N) is 1. The van der Waals surface area contributed by atoms with E-state index >= 15 is 0 Å². The molecule has 0 saturated carbocycles. The maximum absolute atomic E-state index is 12.0. The van der Waals surface area contributed by atoms with E-state index < -0.39 is 0 Å². The number of hydrogen-bond acceptors (Lipinski definition) is 2. The highest BCUT2D eigenvalue weighted by molar-refractivity contribution is 5.74. The zero-order chi connectivity index (χ0) is 12.8. The van der Waals surface area contributed by atoms with Crippen LogP contribution in [0.3, 0.4) is 0 Å². The lowest BCUT2D eigenvalue weighted by Gasteiger charge is -2.31. The Kier molecular flexibility index (Phi) is 4.59. The number of methoxy groups -OCH3 is 1. The first-order valence-electron chi connectivity index (χ1n) is 6.39. The average molecular weight is 248 g/mol. The molecule has 0 aliphatic carbocycles. The molecule has 0 radical (unpaired) electrons. The van der Waals surface area contributed by atoms with Gasteiger partial charge in [0.15, 0.2) is 0 Å². The molecule has 1 unspecified atom stereocenters. The molecule has 1 aromatic carbocycles. The van der Waals surface area contributed by atoms with Crippen LogP contribution >= 0.6 is 0 Å². The lowest BCUT2D eigenvalue weighted by molar-refractivity contribution is 0.0434. The van der Waals surface area contributed by atoms with Crippen molar-refractivity contribution in [3.8, 4) is 0 Å². The van der Waals surface area contributed by atoms with Crippen LogP contribution in [0.2, 0.25) is 0 Å². The van der Waals surface area contributed by atoms with Crippen LogP contribution in [0.25, 0.3) is 0 Å². The maximum Gasteiger partial charge on any atom is 0.317 e. The summed E-state index contributed by atoms with van der Waals surface area (Å²) in [7, 11) is 1.70. The largest absolute Gasteiger partial charge is 0.380 e. The number of benzene rings is 1. The Bertz CT molecular complexity index is 381. The van der Waals surface area contributed by atoms with Gasteiger partial charge in [0.1, 0.15) is 0 Å². The predicted octanol–water partition coefficient (Wildman–Crippen LogP) is 2.01. The van der Waals surface area contributed by atoms with E-state index in [2.05, 4.69) is 5.32 Å². The number of likely N-dealkylation sites (tertiary alicyclic amines) is 1. The molecule has 18 heavy (non-hydrogen) atoms. The third-order valence-electron chi connectivity index (χ3n) is 3.29. The van der Waals surface area contributed by atoms with Crippen LogP contribution in [0.4, 0.5) is 4.79 Å². The fourth-order valence-electron chi connectivity index (χ4n) is 2.20. The molecule has 1 heterocycles. The van der Waals surface area contributed by atoms with Gasteiger partial charge in [-0.25, -0.2) is 4.79 Å². The van der Waals surface area contributed by atoms with E-state index in [1.54, 1.807) is 7.11 Å². The van der Waals surface area contributed by atoms with Gasteiger partial charge in [0.25, 0.3) is 0 Å². The van der Waals surface area contributed by atoms with Crippen LogP contribution < -0.4 is 5.32 Å². The van der Waals surface area contributed by atoms with Gasteiger partial charge in [-0.2, -0.15) is 0 Å². The zero-order valence-corrected chi connectivity index (χ0v) is 10.8. The van der Waals surface area contributed by atoms with Crippen molar-refractivity contribution in [3.05, 3.63) is 35.9 Å². The van der Waals surface area contributed by atoms with Gasteiger partial charge in [-0.1, -0.05) is 30.3 Å². The van der Waals surface area contributed by atoms with Crippen LogP contribution in [0, 0.1) is 0 Å². The highest BCUT2D eigenvalue weighted by atomic mass is 16.5. The van der Waals surface area contributed by atoms with Gasteiger partial charge in [-0.3, -0.25) is 0 Å². The predicted molar refractivity (Wildman–Crippen MR) is 70.3 cm³/mol. The summed E-state index contributed by atoms with van der Waals surface area (Å²) >= 11 is 0. The number of rotatable bonds is 3. The quantitative estimate of drug-likeness (QED) is 0.889.